The summed E-state index contributed by atoms with van der Waals surface area (Å²) in [6.45, 7) is 10.0. The van der Waals surface area contributed by atoms with Crippen LogP contribution in [-0.2, 0) is 20.9 Å². The number of nitrogens with zero attached hydrogens (tertiary/aromatic N) is 5. The summed E-state index contributed by atoms with van der Waals surface area (Å²) in [5.74, 6) is -4.72. The number of carboxylic acid groups (broad SMARTS) is 2. The molecule has 3 aliphatic heterocycles. The fraction of sp³-hybridized carbons (Fsp3) is 0.810. The highest BCUT2D eigenvalue weighted by molar-refractivity contribution is 5.73. The van der Waals surface area contributed by atoms with Crippen molar-refractivity contribution in [2.75, 3.05) is 26.3 Å². The monoisotopic (exact) mass is 547 g/mol. The van der Waals surface area contributed by atoms with Crippen LogP contribution in [-0.4, -0.2) is 110 Å². The van der Waals surface area contributed by atoms with Gasteiger partial charge in [-0.3, -0.25) is 14.5 Å². The molecule has 10 nitrogen and oxygen atoms in total. The Balaban J connectivity index is 0.000000286. The lowest BCUT2D eigenvalue weighted by atomic mass is 9.91. The molecule has 3 fully saturated rings. The highest BCUT2D eigenvalue weighted by atomic mass is 19.4. The zero-order valence-corrected chi connectivity index (χ0v) is 20.3. The number of aliphatic carboxylic acids is 2. The standard InChI is InChI=1S/C17H29N5O.2C2HF3O2/c1-13(2)22-16(9-21-12-18-11-19-21)7-14-8-20(5-3-17(14)22)15-4-6-23-10-15;2*3-2(4,5)1(6)7/h11-17H,3-10H2,1-2H3;2*(H,6,7)/t14-,15?,16+,17+;;/m1../s1. The molecular weight excluding hydrogens is 516 g/mol. The molecule has 3 aliphatic rings. The highest BCUT2D eigenvalue weighted by Crippen LogP contribution is 2.38. The van der Waals surface area contributed by atoms with Gasteiger partial charge >= 0.3 is 24.3 Å². The summed E-state index contributed by atoms with van der Waals surface area (Å²) in [5.41, 5.74) is 0. The Kier molecular flexibility index (Phi) is 10.7. The Morgan fingerprint density at radius 2 is 1.68 bits per heavy atom. The fourth-order valence-corrected chi connectivity index (χ4v) is 5.07. The van der Waals surface area contributed by atoms with Crippen LogP contribution in [0.15, 0.2) is 12.7 Å². The Hall–Kier alpha value is -2.46. The molecule has 0 radical (unpaired) electrons. The van der Waals surface area contributed by atoms with E-state index in [1.54, 1.807) is 6.33 Å². The molecule has 3 saturated heterocycles. The Bertz CT molecular complexity index is 837. The molecule has 16 heteroatoms. The van der Waals surface area contributed by atoms with E-state index in [0.717, 1.165) is 31.7 Å². The Morgan fingerprint density at radius 1 is 1.08 bits per heavy atom. The van der Waals surface area contributed by atoms with Crippen LogP contribution in [0.2, 0.25) is 0 Å². The third-order valence-electron chi connectivity index (χ3n) is 6.47. The van der Waals surface area contributed by atoms with E-state index in [1.165, 1.54) is 32.4 Å². The number of hydrogen-bond donors (Lipinski definition) is 2. The van der Waals surface area contributed by atoms with E-state index < -0.39 is 24.3 Å². The van der Waals surface area contributed by atoms with Crippen molar-refractivity contribution in [3.8, 4) is 0 Å². The molecule has 0 aliphatic carbocycles. The number of carbonyl (C=O) groups is 2. The summed E-state index contributed by atoms with van der Waals surface area (Å²) >= 11 is 0. The minimum atomic E-state index is -5.08. The fourth-order valence-electron chi connectivity index (χ4n) is 5.07. The number of hydrogen-bond acceptors (Lipinski definition) is 7. The van der Waals surface area contributed by atoms with Gasteiger partial charge in [-0.25, -0.2) is 14.6 Å². The minimum Gasteiger partial charge on any atom is -0.475 e. The van der Waals surface area contributed by atoms with Crippen LogP contribution in [0.4, 0.5) is 26.3 Å². The highest BCUT2D eigenvalue weighted by Gasteiger charge is 2.46. The van der Waals surface area contributed by atoms with Gasteiger partial charge in [0.1, 0.15) is 12.7 Å². The smallest absolute Gasteiger partial charge is 0.475 e. The van der Waals surface area contributed by atoms with Crippen LogP contribution in [0.1, 0.15) is 33.1 Å². The largest absolute Gasteiger partial charge is 0.490 e. The first-order valence-electron chi connectivity index (χ1n) is 11.6. The average Bonchev–Trinajstić information content (AvgIpc) is 3.54. The topological polar surface area (TPSA) is 121 Å². The lowest BCUT2D eigenvalue weighted by Crippen LogP contribution is -2.52. The van der Waals surface area contributed by atoms with Crippen molar-refractivity contribution in [2.24, 2.45) is 5.92 Å². The van der Waals surface area contributed by atoms with Crippen molar-refractivity contribution in [3.05, 3.63) is 12.7 Å². The number of carboxylic acids is 2. The number of rotatable bonds is 4. The SMILES string of the molecule is CC(C)N1[C@H](Cn2cncn2)C[C@@H]2CN(C3CCOC3)CC[C@@H]21.O=C(O)C(F)(F)F.O=C(O)C(F)(F)F. The summed E-state index contributed by atoms with van der Waals surface area (Å²) in [7, 11) is 0. The Morgan fingerprint density at radius 3 is 2.11 bits per heavy atom. The maximum Gasteiger partial charge on any atom is 0.490 e. The number of halogens is 6. The molecule has 37 heavy (non-hydrogen) atoms. The normalized spacial score (nSPS) is 26.6. The molecule has 0 saturated carbocycles. The molecule has 4 heterocycles. The molecule has 0 amide bonds. The quantitative estimate of drug-likeness (QED) is 0.548. The second kappa shape index (κ2) is 12.9. The van der Waals surface area contributed by atoms with E-state index in [2.05, 4.69) is 33.7 Å². The van der Waals surface area contributed by atoms with Crippen LogP contribution < -0.4 is 0 Å². The third kappa shape index (κ3) is 9.10. The summed E-state index contributed by atoms with van der Waals surface area (Å²) in [5, 5.41) is 18.6. The second-order valence-electron chi connectivity index (χ2n) is 9.28. The van der Waals surface area contributed by atoms with Crippen LogP contribution in [0.5, 0.6) is 0 Å². The van der Waals surface area contributed by atoms with Crippen molar-refractivity contribution >= 4 is 11.9 Å². The third-order valence-corrected chi connectivity index (χ3v) is 6.47. The molecule has 0 aromatic carbocycles. The van der Waals surface area contributed by atoms with Gasteiger partial charge in [0.25, 0.3) is 0 Å². The van der Waals surface area contributed by atoms with E-state index in [-0.39, 0.29) is 0 Å². The minimum absolute atomic E-state index is 0.589. The van der Waals surface area contributed by atoms with E-state index in [0.29, 0.717) is 18.1 Å². The zero-order valence-electron chi connectivity index (χ0n) is 20.3. The predicted octanol–water partition coefficient (Wildman–Crippen LogP) is 2.51. The van der Waals surface area contributed by atoms with Gasteiger partial charge in [-0.2, -0.15) is 31.4 Å². The van der Waals surface area contributed by atoms with Gasteiger partial charge in [0.15, 0.2) is 0 Å². The average molecular weight is 547 g/mol. The number of fused-ring (bicyclic) bond motifs is 1. The summed E-state index contributed by atoms with van der Waals surface area (Å²) in [4.78, 5) is 27.3. The zero-order chi connectivity index (χ0) is 28.0. The van der Waals surface area contributed by atoms with Gasteiger partial charge in [0.05, 0.1) is 13.2 Å². The molecule has 0 spiro atoms. The summed E-state index contributed by atoms with van der Waals surface area (Å²) < 4.78 is 71.1. The van der Waals surface area contributed by atoms with Crippen molar-refractivity contribution < 1.29 is 50.9 Å². The molecule has 4 atom stereocenters. The van der Waals surface area contributed by atoms with Gasteiger partial charge in [0, 0.05) is 43.9 Å². The van der Waals surface area contributed by atoms with Crippen molar-refractivity contribution in [3.63, 3.8) is 0 Å². The lowest BCUT2D eigenvalue weighted by Gasteiger charge is -2.42. The van der Waals surface area contributed by atoms with Crippen molar-refractivity contribution in [1.82, 2.24) is 24.6 Å². The number of piperidine rings is 1. The Labute approximate surface area is 209 Å². The van der Waals surface area contributed by atoms with Gasteiger partial charge < -0.3 is 14.9 Å². The molecule has 1 aromatic rings. The van der Waals surface area contributed by atoms with E-state index in [9.17, 15) is 26.3 Å². The van der Waals surface area contributed by atoms with E-state index in [1.807, 2.05) is 11.0 Å². The lowest BCUT2D eigenvalue weighted by molar-refractivity contribution is -0.193. The van der Waals surface area contributed by atoms with Crippen LogP contribution in [0.3, 0.4) is 0 Å². The predicted molar refractivity (Wildman–Crippen MR) is 115 cm³/mol. The second-order valence-corrected chi connectivity index (χ2v) is 9.28. The van der Waals surface area contributed by atoms with Crippen molar-refractivity contribution in [2.45, 2.75) is 76.2 Å². The van der Waals surface area contributed by atoms with Crippen molar-refractivity contribution in [1.29, 1.82) is 0 Å². The van der Waals surface area contributed by atoms with Gasteiger partial charge in [-0.05, 0) is 39.0 Å². The van der Waals surface area contributed by atoms with Gasteiger partial charge in [-0.1, -0.05) is 0 Å². The van der Waals surface area contributed by atoms with Gasteiger partial charge in [-0.15, -0.1) is 0 Å². The molecule has 1 aromatic heterocycles. The summed E-state index contributed by atoms with van der Waals surface area (Å²) in [6, 6.07) is 2.59. The van der Waals surface area contributed by atoms with Crippen LogP contribution >= 0.6 is 0 Å². The molecule has 1 unspecified atom stereocenters. The maximum absolute atomic E-state index is 10.6. The molecule has 2 N–H and O–H groups in total. The van der Waals surface area contributed by atoms with Gasteiger partial charge in [0.2, 0.25) is 0 Å². The first kappa shape index (κ1) is 30.8. The molecule has 212 valence electrons. The van der Waals surface area contributed by atoms with Crippen LogP contribution in [0, 0.1) is 5.92 Å². The molecular formula is C21H31F6N5O5. The maximum atomic E-state index is 10.6. The first-order valence-corrected chi connectivity index (χ1v) is 11.6. The molecule has 0 bridgehead atoms. The first-order chi connectivity index (χ1) is 17.1. The van der Waals surface area contributed by atoms with Crippen LogP contribution in [0.25, 0.3) is 0 Å². The van der Waals surface area contributed by atoms with E-state index in [4.69, 9.17) is 24.5 Å². The number of ether oxygens (including phenoxy) is 1. The number of alkyl halides is 6. The van der Waals surface area contributed by atoms with E-state index >= 15 is 0 Å². The number of aromatic nitrogens is 3. The molecule has 4 rings (SSSR count). The number of likely N-dealkylation sites (tertiary alicyclic amines) is 2. The summed E-state index contributed by atoms with van der Waals surface area (Å²) in [6.07, 6.45) is -2.88.